The smallest absolute Gasteiger partial charge is 0.245 e. The molecule has 1 aliphatic heterocycles. The van der Waals surface area contributed by atoms with Crippen LogP contribution in [0.1, 0.15) is 51.1 Å². The lowest BCUT2D eigenvalue weighted by atomic mass is 10.1. The van der Waals surface area contributed by atoms with Crippen molar-refractivity contribution in [3.8, 4) is 0 Å². The van der Waals surface area contributed by atoms with Crippen LogP contribution in [0.3, 0.4) is 0 Å². The lowest BCUT2D eigenvalue weighted by molar-refractivity contribution is -0.131. The molecule has 3 nitrogen and oxygen atoms in total. The van der Waals surface area contributed by atoms with Gasteiger partial charge in [0.05, 0.1) is 6.17 Å². The molecule has 0 radical (unpaired) electrons. The molecule has 3 heteroatoms. The molecule has 1 aromatic rings. The summed E-state index contributed by atoms with van der Waals surface area (Å²) in [6, 6.07) is 9.93. The third-order valence-electron chi connectivity index (χ3n) is 4.62. The van der Waals surface area contributed by atoms with E-state index in [1.54, 1.807) is 0 Å². The van der Waals surface area contributed by atoms with Crippen molar-refractivity contribution in [3.63, 3.8) is 0 Å². The summed E-state index contributed by atoms with van der Waals surface area (Å²) in [5.74, 6) is 0.253. The minimum absolute atomic E-state index is 0.157. The molecule has 1 amide bonds. The summed E-state index contributed by atoms with van der Waals surface area (Å²) in [5, 5.41) is 3.53. The molecule has 1 aliphatic carbocycles. The van der Waals surface area contributed by atoms with Gasteiger partial charge in [-0.15, -0.1) is 0 Å². The maximum Gasteiger partial charge on any atom is 0.245 e. The lowest BCUT2D eigenvalue weighted by Crippen LogP contribution is -2.40. The molecule has 2 fully saturated rings. The number of nitrogens with one attached hydrogen (secondary N) is 1. The van der Waals surface area contributed by atoms with E-state index in [1.165, 1.54) is 12.8 Å². The van der Waals surface area contributed by atoms with Crippen LogP contribution in [-0.4, -0.2) is 23.5 Å². The predicted molar refractivity (Wildman–Crippen MR) is 80.1 cm³/mol. The molecule has 1 saturated heterocycles. The van der Waals surface area contributed by atoms with E-state index in [1.807, 2.05) is 30.3 Å². The molecule has 1 saturated carbocycles. The van der Waals surface area contributed by atoms with Crippen molar-refractivity contribution in [2.75, 3.05) is 6.54 Å². The Morgan fingerprint density at radius 2 is 2.00 bits per heavy atom. The zero-order valence-corrected chi connectivity index (χ0v) is 12.4. The first-order valence-corrected chi connectivity index (χ1v) is 7.74. The van der Waals surface area contributed by atoms with E-state index in [9.17, 15) is 4.79 Å². The second kappa shape index (κ2) is 5.21. The molecular weight excluding hydrogens is 248 g/mol. The first-order chi connectivity index (χ1) is 9.63. The highest BCUT2D eigenvalue weighted by Crippen LogP contribution is 2.46. The van der Waals surface area contributed by atoms with Crippen molar-refractivity contribution in [3.05, 3.63) is 35.9 Å². The van der Waals surface area contributed by atoms with E-state index in [0.717, 1.165) is 24.9 Å². The van der Waals surface area contributed by atoms with Gasteiger partial charge < -0.3 is 4.90 Å². The molecule has 108 valence electrons. The van der Waals surface area contributed by atoms with Gasteiger partial charge in [0, 0.05) is 6.54 Å². The van der Waals surface area contributed by atoms with E-state index >= 15 is 0 Å². The molecular formula is C17H24N2O. The van der Waals surface area contributed by atoms with Gasteiger partial charge in [-0.05, 0) is 30.2 Å². The predicted octanol–water partition coefficient (Wildman–Crippen LogP) is 3.09. The molecule has 1 N–H and O–H groups in total. The SMILES string of the molecule is CCCC1NC(c2ccccc2)C(=O)N1CC1(C)CC1. The summed E-state index contributed by atoms with van der Waals surface area (Å²) in [6.07, 6.45) is 4.84. The monoisotopic (exact) mass is 272 g/mol. The Bertz CT molecular complexity index is 481. The summed E-state index contributed by atoms with van der Waals surface area (Å²) in [6.45, 7) is 5.38. The summed E-state index contributed by atoms with van der Waals surface area (Å²) < 4.78 is 0. The maximum absolute atomic E-state index is 12.8. The van der Waals surface area contributed by atoms with Gasteiger partial charge in [-0.1, -0.05) is 50.6 Å². The topological polar surface area (TPSA) is 32.3 Å². The van der Waals surface area contributed by atoms with Crippen LogP contribution in [0.2, 0.25) is 0 Å². The molecule has 1 heterocycles. The first kappa shape index (κ1) is 13.6. The van der Waals surface area contributed by atoms with Gasteiger partial charge in [-0.2, -0.15) is 0 Å². The van der Waals surface area contributed by atoms with Crippen LogP contribution in [0.25, 0.3) is 0 Å². The Morgan fingerprint density at radius 3 is 2.60 bits per heavy atom. The second-order valence-electron chi connectivity index (χ2n) is 6.59. The fourth-order valence-corrected chi connectivity index (χ4v) is 3.04. The Hall–Kier alpha value is -1.35. The van der Waals surface area contributed by atoms with Crippen LogP contribution >= 0.6 is 0 Å². The summed E-state index contributed by atoms with van der Waals surface area (Å²) in [7, 11) is 0. The number of amides is 1. The van der Waals surface area contributed by atoms with Gasteiger partial charge in [0.2, 0.25) is 5.91 Å². The molecule has 2 atom stereocenters. The highest BCUT2D eigenvalue weighted by Gasteiger charge is 2.46. The number of rotatable bonds is 5. The first-order valence-electron chi connectivity index (χ1n) is 7.74. The van der Waals surface area contributed by atoms with Crippen LogP contribution in [0, 0.1) is 5.41 Å². The van der Waals surface area contributed by atoms with Crippen molar-refractivity contribution in [2.45, 2.75) is 51.7 Å². The van der Waals surface area contributed by atoms with Crippen LogP contribution in [0.15, 0.2) is 30.3 Å². The Labute approximate surface area is 121 Å². The van der Waals surface area contributed by atoms with Crippen LogP contribution < -0.4 is 5.32 Å². The van der Waals surface area contributed by atoms with Gasteiger partial charge in [-0.3, -0.25) is 10.1 Å². The fourth-order valence-electron chi connectivity index (χ4n) is 3.04. The zero-order valence-electron chi connectivity index (χ0n) is 12.4. The minimum atomic E-state index is -0.157. The molecule has 0 aromatic heterocycles. The second-order valence-corrected chi connectivity index (χ2v) is 6.59. The van der Waals surface area contributed by atoms with Gasteiger partial charge in [0.1, 0.15) is 6.04 Å². The number of carbonyl (C=O) groups excluding carboxylic acids is 1. The fraction of sp³-hybridized carbons (Fsp3) is 0.588. The Kier molecular flexibility index (Phi) is 3.55. The Morgan fingerprint density at radius 1 is 1.30 bits per heavy atom. The summed E-state index contributed by atoms with van der Waals surface area (Å²) in [4.78, 5) is 14.9. The van der Waals surface area contributed by atoms with E-state index in [4.69, 9.17) is 0 Å². The van der Waals surface area contributed by atoms with Gasteiger partial charge in [0.25, 0.3) is 0 Å². The lowest BCUT2D eigenvalue weighted by Gasteiger charge is -2.26. The van der Waals surface area contributed by atoms with Crippen molar-refractivity contribution in [1.82, 2.24) is 10.2 Å². The number of benzene rings is 1. The molecule has 1 aromatic carbocycles. The number of hydrogen-bond donors (Lipinski definition) is 1. The van der Waals surface area contributed by atoms with Crippen molar-refractivity contribution < 1.29 is 4.79 Å². The quantitative estimate of drug-likeness (QED) is 0.893. The van der Waals surface area contributed by atoms with E-state index < -0.39 is 0 Å². The van der Waals surface area contributed by atoms with Crippen LogP contribution in [0.5, 0.6) is 0 Å². The maximum atomic E-state index is 12.8. The standard InChI is InChI=1S/C17H24N2O/c1-3-7-14-18-15(13-8-5-4-6-9-13)16(20)19(14)12-17(2)10-11-17/h4-6,8-9,14-15,18H,3,7,10-12H2,1-2H3. The number of hydrogen-bond acceptors (Lipinski definition) is 2. The summed E-state index contributed by atoms with van der Waals surface area (Å²) >= 11 is 0. The van der Waals surface area contributed by atoms with E-state index in [0.29, 0.717) is 5.41 Å². The average molecular weight is 272 g/mol. The van der Waals surface area contributed by atoms with Crippen LogP contribution in [-0.2, 0) is 4.79 Å². The third-order valence-corrected chi connectivity index (χ3v) is 4.62. The molecule has 20 heavy (non-hydrogen) atoms. The average Bonchev–Trinajstić information content (AvgIpc) is 3.11. The van der Waals surface area contributed by atoms with E-state index in [-0.39, 0.29) is 18.1 Å². The third kappa shape index (κ3) is 2.59. The van der Waals surface area contributed by atoms with Crippen molar-refractivity contribution >= 4 is 5.91 Å². The molecule has 3 rings (SSSR count). The van der Waals surface area contributed by atoms with Gasteiger partial charge in [-0.25, -0.2) is 0 Å². The highest BCUT2D eigenvalue weighted by atomic mass is 16.2. The number of nitrogens with zero attached hydrogens (tertiary/aromatic N) is 1. The molecule has 0 bridgehead atoms. The molecule has 0 spiro atoms. The van der Waals surface area contributed by atoms with Crippen LogP contribution in [0.4, 0.5) is 0 Å². The van der Waals surface area contributed by atoms with Crippen molar-refractivity contribution in [2.24, 2.45) is 5.41 Å². The molecule has 2 aliphatic rings. The highest BCUT2D eigenvalue weighted by molar-refractivity contribution is 5.85. The van der Waals surface area contributed by atoms with E-state index in [2.05, 4.69) is 24.1 Å². The minimum Gasteiger partial charge on any atom is -0.325 e. The Balaban J connectivity index is 1.79. The van der Waals surface area contributed by atoms with Gasteiger partial charge >= 0.3 is 0 Å². The van der Waals surface area contributed by atoms with Crippen molar-refractivity contribution in [1.29, 1.82) is 0 Å². The summed E-state index contributed by atoms with van der Waals surface area (Å²) in [5.41, 5.74) is 1.46. The van der Waals surface area contributed by atoms with Gasteiger partial charge in [0.15, 0.2) is 0 Å². The number of carbonyl (C=O) groups is 1. The normalized spacial score (nSPS) is 27.9. The largest absolute Gasteiger partial charge is 0.325 e. The molecule has 2 unspecified atom stereocenters. The zero-order chi connectivity index (χ0) is 14.2.